The summed E-state index contributed by atoms with van der Waals surface area (Å²) in [6.45, 7) is 2.41. The van der Waals surface area contributed by atoms with Crippen LogP contribution in [0.3, 0.4) is 0 Å². The van der Waals surface area contributed by atoms with Gasteiger partial charge in [-0.25, -0.2) is 0 Å². The number of ketones is 1. The summed E-state index contributed by atoms with van der Waals surface area (Å²) in [4.78, 5) is 16.0. The molecule has 2 aromatic carbocycles. The molecule has 0 unspecified atom stereocenters. The van der Waals surface area contributed by atoms with Crippen LogP contribution in [-0.2, 0) is 17.6 Å². The maximum Gasteiger partial charge on any atom is 0.136 e. The average Bonchev–Trinajstić information content (AvgIpc) is 2.79. The van der Waals surface area contributed by atoms with Crippen LogP contribution in [0, 0.1) is 23.7 Å². The van der Waals surface area contributed by atoms with Crippen molar-refractivity contribution in [3.05, 3.63) is 71.8 Å². The highest BCUT2D eigenvalue weighted by Crippen LogP contribution is 2.51. The second-order valence-electron chi connectivity index (χ2n) is 9.88. The molecule has 0 bridgehead atoms. The van der Waals surface area contributed by atoms with Gasteiger partial charge in [-0.3, -0.25) is 4.79 Å². The van der Waals surface area contributed by atoms with Gasteiger partial charge in [0, 0.05) is 18.4 Å². The first-order valence-corrected chi connectivity index (χ1v) is 12.1. The number of Topliss-reactive ketones (excluding diaryl/α,β-unsaturated/α-hetero) is 1. The zero-order valence-electron chi connectivity index (χ0n) is 18.1. The smallest absolute Gasteiger partial charge is 0.136 e. The van der Waals surface area contributed by atoms with Crippen molar-refractivity contribution < 1.29 is 4.79 Å². The number of aryl methyl sites for hydroxylation is 1. The Morgan fingerprint density at radius 1 is 0.867 bits per heavy atom. The predicted octanol–water partition coefficient (Wildman–Crippen LogP) is 5.56. The van der Waals surface area contributed by atoms with E-state index in [9.17, 15) is 4.79 Å². The maximum atomic E-state index is 13.2. The number of likely N-dealkylation sites (tertiary alicyclic amines) is 1. The number of benzene rings is 2. The standard InChI is InChI=1S/C28H35NO/c30-27-20-23-16-18-29(17-8-13-21-9-3-1-4-10-21)26-15-7-14-24(28(23)26)25(27)19-22-11-5-2-6-12-22/h1-6,9-12,23-26,28H,7-8,13-20H2/t23-,24+,25+,26+,28+/m1/s1. The minimum atomic E-state index is 0.251. The first kappa shape index (κ1) is 20.0. The molecule has 30 heavy (non-hydrogen) atoms. The third-order valence-corrected chi connectivity index (χ3v) is 8.22. The number of carbonyl (C=O) groups excluding carboxylic acids is 1. The molecular formula is C28H35NO. The third-order valence-electron chi connectivity index (χ3n) is 8.22. The van der Waals surface area contributed by atoms with Gasteiger partial charge in [-0.1, -0.05) is 67.1 Å². The van der Waals surface area contributed by atoms with Crippen LogP contribution in [0.1, 0.15) is 49.7 Å². The largest absolute Gasteiger partial charge is 0.300 e. The number of nitrogens with zero attached hydrogens (tertiary/aromatic N) is 1. The van der Waals surface area contributed by atoms with Gasteiger partial charge in [0.1, 0.15) is 5.78 Å². The lowest BCUT2D eigenvalue weighted by atomic mass is 9.55. The van der Waals surface area contributed by atoms with Gasteiger partial charge in [-0.05, 0) is 80.5 Å². The fraction of sp³-hybridized carbons (Fsp3) is 0.536. The molecule has 0 spiro atoms. The summed E-state index contributed by atoms with van der Waals surface area (Å²) in [6.07, 6.45) is 9.35. The van der Waals surface area contributed by atoms with Crippen LogP contribution < -0.4 is 0 Å². The van der Waals surface area contributed by atoms with Gasteiger partial charge >= 0.3 is 0 Å². The van der Waals surface area contributed by atoms with Crippen molar-refractivity contribution in [1.82, 2.24) is 4.90 Å². The maximum absolute atomic E-state index is 13.2. The number of carbonyl (C=O) groups is 1. The van der Waals surface area contributed by atoms with Gasteiger partial charge in [0.2, 0.25) is 0 Å². The normalized spacial score (nSPS) is 31.3. The Bertz CT molecular complexity index is 832. The molecular weight excluding hydrogens is 366 g/mol. The van der Waals surface area contributed by atoms with E-state index in [1.807, 2.05) is 0 Å². The van der Waals surface area contributed by atoms with Gasteiger partial charge in [0.05, 0.1) is 0 Å². The van der Waals surface area contributed by atoms with Gasteiger partial charge in [0.15, 0.2) is 0 Å². The lowest BCUT2D eigenvalue weighted by Gasteiger charge is -2.55. The summed E-state index contributed by atoms with van der Waals surface area (Å²) in [5.41, 5.74) is 2.80. The summed E-state index contributed by atoms with van der Waals surface area (Å²) >= 11 is 0. The van der Waals surface area contributed by atoms with E-state index in [4.69, 9.17) is 0 Å². The molecule has 2 heteroatoms. The lowest BCUT2D eigenvalue weighted by molar-refractivity contribution is -0.139. The molecule has 158 valence electrons. The van der Waals surface area contributed by atoms with Gasteiger partial charge in [-0.2, -0.15) is 0 Å². The number of piperidine rings is 1. The molecule has 0 N–H and O–H groups in total. The van der Waals surface area contributed by atoms with E-state index >= 15 is 0 Å². The SMILES string of the molecule is O=C1C[C@H]2CCN(CCCc3ccccc3)[C@H]3CCC[C@H]([C@H]23)[C@@H]1Cc1ccccc1. The fourth-order valence-electron chi connectivity index (χ4n) is 6.91. The molecule has 3 fully saturated rings. The van der Waals surface area contributed by atoms with Crippen LogP contribution in [0.25, 0.3) is 0 Å². The van der Waals surface area contributed by atoms with Gasteiger partial charge in [-0.15, -0.1) is 0 Å². The molecule has 1 heterocycles. The molecule has 1 aliphatic heterocycles. The number of hydrogen-bond donors (Lipinski definition) is 0. The van der Waals surface area contributed by atoms with E-state index in [2.05, 4.69) is 65.6 Å². The minimum Gasteiger partial charge on any atom is -0.300 e. The molecule has 0 amide bonds. The minimum absolute atomic E-state index is 0.251. The van der Waals surface area contributed by atoms with Gasteiger partial charge < -0.3 is 4.90 Å². The molecule has 2 nitrogen and oxygen atoms in total. The van der Waals surface area contributed by atoms with Crippen molar-refractivity contribution in [2.75, 3.05) is 13.1 Å². The molecule has 1 saturated heterocycles. The number of rotatable bonds is 6. The van der Waals surface area contributed by atoms with Crippen molar-refractivity contribution in [2.24, 2.45) is 23.7 Å². The van der Waals surface area contributed by atoms with Crippen LogP contribution in [0.5, 0.6) is 0 Å². The zero-order chi connectivity index (χ0) is 20.3. The summed E-state index contributed by atoms with van der Waals surface area (Å²) < 4.78 is 0. The van der Waals surface area contributed by atoms with Crippen LogP contribution in [0.4, 0.5) is 0 Å². The summed E-state index contributed by atoms with van der Waals surface area (Å²) in [5, 5.41) is 0. The quantitative estimate of drug-likeness (QED) is 0.632. The predicted molar refractivity (Wildman–Crippen MR) is 122 cm³/mol. The molecule has 0 radical (unpaired) electrons. The van der Waals surface area contributed by atoms with E-state index in [0.717, 1.165) is 18.8 Å². The molecule has 2 aromatic rings. The van der Waals surface area contributed by atoms with E-state index < -0.39 is 0 Å². The van der Waals surface area contributed by atoms with E-state index in [0.29, 0.717) is 23.7 Å². The first-order chi connectivity index (χ1) is 14.8. The molecule has 2 aliphatic carbocycles. The Hall–Kier alpha value is -1.93. The van der Waals surface area contributed by atoms with Gasteiger partial charge in [0.25, 0.3) is 0 Å². The average molecular weight is 402 g/mol. The summed E-state index contributed by atoms with van der Waals surface area (Å²) in [7, 11) is 0. The van der Waals surface area contributed by atoms with Crippen LogP contribution in [-0.4, -0.2) is 29.8 Å². The molecule has 5 rings (SSSR count). The second kappa shape index (κ2) is 9.06. The highest BCUT2D eigenvalue weighted by molar-refractivity contribution is 5.83. The first-order valence-electron chi connectivity index (χ1n) is 12.1. The van der Waals surface area contributed by atoms with Crippen molar-refractivity contribution in [3.63, 3.8) is 0 Å². The van der Waals surface area contributed by atoms with Crippen LogP contribution >= 0.6 is 0 Å². The topological polar surface area (TPSA) is 20.3 Å². The summed E-state index contributed by atoms with van der Waals surface area (Å²) in [5.74, 6) is 2.80. The molecule has 2 saturated carbocycles. The molecule has 3 aliphatic rings. The molecule has 0 aromatic heterocycles. The highest BCUT2D eigenvalue weighted by atomic mass is 16.1. The zero-order valence-corrected chi connectivity index (χ0v) is 18.1. The van der Waals surface area contributed by atoms with Crippen LogP contribution in [0.2, 0.25) is 0 Å². The molecule has 5 atom stereocenters. The Kier molecular flexibility index (Phi) is 6.04. The van der Waals surface area contributed by atoms with Crippen molar-refractivity contribution in [1.29, 1.82) is 0 Å². The Balaban J connectivity index is 1.27. The van der Waals surface area contributed by atoms with Crippen molar-refractivity contribution in [3.8, 4) is 0 Å². The number of hydrogen-bond acceptors (Lipinski definition) is 2. The highest BCUT2D eigenvalue weighted by Gasteiger charge is 2.51. The van der Waals surface area contributed by atoms with Crippen molar-refractivity contribution >= 4 is 5.78 Å². The Morgan fingerprint density at radius 3 is 2.37 bits per heavy atom. The van der Waals surface area contributed by atoms with Crippen molar-refractivity contribution in [2.45, 2.75) is 57.4 Å². The van der Waals surface area contributed by atoms with E-state index in [1.54, 1.807) is 0 Å². The monoisotopic (exact) mass is 401 g/mol. The lowest BCUT2D eigenvalue weighted by Crippen LogP contribution is -2.58. The van der Waals surface area contributed by atoms with E-state index in [-0.39, 0.29) is 5.92 Å². The third kappa shape index (κ3) is 4.12. The Labute approximate surface area is 181 Å². The fourth-order valence-corrected chi connectivity index (χ4v) is 6.91. The summed E-state index contributed by atoms with van der Waals surface area (Å²) in [6, 6.07) is 22.3. The van der Waals surface area contributed by atoms with E-state index in [1.165, 1.54) is 62.7 Å². The second-order valence-corrected chi connectivity index (χ2v) is 9.88. The van der Waals surface area contributed by atoms with Crippen LogP contribution in [0.15, 0.2) is 60.7 Å². The Morgan fingerprint density at radius 2 is 1.60 bits per heavy atom.